The molecule has 0 bridgehead atoms. The van der Waals surface area contributed by atoms with E-state index in [4.69, 9.17) is 28.7 Å². The van der Waals surface area contributed by atoms with Crippen LogP contribution in [0.2, 0.25) is 0 Å². The topological polar surface area (TPSA) is 121 Å². The van der Waals surface area contributed by atoms with E-state index in [9.17, 15) is 9.59 Å². The Balaban J connectivity index is -0.000000143. The van der Waals surface area contributed by atoms with Crippen LogP contribution >= 0.6 is 17.9 Å². The van der Waals surface area contributed by atoms with E-state index in [-0.39, 0.29) is 29.7 Å². The van der Waals surface area contributed by atoms with Gasteiger partial charge in [-0.05, 0) is 66.2 Å². The second kappa shape index (κ2) is 31.4. The fourth-order valence-corrected chi connectivity index (χ4v) is 3.68. The Labute approximate surface area is 242 Å². The number of hydrogen-bond donors (Lipinski definition) is 0. The lowest BCUT2D eigenvalue weighted by atomic mass is 9.77. The van der Waals surface area contributed by atoms with Crippen LogP contribution in [0.1, 0.15) is 80.1 Å². The van der Waals surface area contributed by atoms with Crippen LogP contribution in [0.15, 0.2) is 36.5 Å². The van der Waals surface area contributed by atoms with Crippen LogP contribution in [0, 0.1) is 10.8 Å². The van der Waals surface area contributed by atoms with Gasteiger partial charge in [0.25, 0.3) is 0 Å². The van der Waals surface area contributed by atoms with Gasteiger partial charge in [-0.2, -0.15) is 19.2 Å². The summed E-state index contributed by atoms with van der Waals surface area (Å²) < 4.78 is 10.2. The molecule has 1 aliphatic carbocycles. The van der Waals surface area contributed by atoms with Gasteiger partial charge in [-0.1, -0.05) is 37.1 Å². The first-order valence-electron chi connectivity index (χ1n) is 11.7. The zero-order valence-electron chi connectivity index (χ0n) is 23.5. The summed E-state index contributed by atoms with van der Waals surface area (Å²) in [6.07, 6.45) is 9.12. The molecule has 0 aromatic heterocycles. The summed E-state index contributed by atoms with van der Waals surface area (Å²) in [5.74, 6) is -0.152. The highest BCUT2D eigenvalue weighted by Gasteiger charge is 2.40. The molecule has 4 atom stereocenters. The molecule has 1 rings (SSSR count). The molecule has 4 unspecified atom stereocenters. The van der Waals surface area contributed by atoms with Gasteiger partial charge in [0.1, 0.15) is 0 Å². The van der Waals surface area contributed by atoms with Crippen LogP contribution in [0.3, 0.4) is 0 Å². The Morgan fingerprint density at radius 3 is 1.79 bits per heavy atom. The smallest absolute Gasteiger partial charge is 0.373 e. The first kappa shape index (κ1) is 46.1. The number of esters is 2. The van der Waals surface area contributed by atoms with E-state index in [2.05, 4.69) is 73.3 Å². The predicted octanol–water partition coefficient (Wildman–Crippen LogP) is 5.65. The van der Waals surface area contributed by atoms with E-state index in [1.54, 1.807) is 6.08 Å². The van der Waals surface area contributed by atoms with Crippen molar-refractivity contribution in [3.8, 4) is 0 Å². The van der Waals surface area contributed by atoms with E-state index < -0.39 is 5.41 Å². The Morgan fingerprint density at radius 1 is 1.08 bits per heavy atom. The maximum Gasteiger partial charge on any atom is 0.373 e. The Bertz CT molecular complexity index is 765. The highest BCUT2D eigenvalue weighted by molar-refractivity contribution is 8.07. The fourth-order valence-electron chi connectivity index (χ4n) is 3.68. The van der Waals surface area contributed by atoms with E-state index in [0.29, 0.717) is 26.1 Å². The molecule has 0 aromatic carbocycles. The van der Waals surface area contributed by atoms with E-state index in [0.717, 1.165) is 31.3 Å². The summed E-state index contributed by atoms with van der Waals surface area (Å²) in [6, 6.07) is 0. The number of carbonyl (C=O) groups is 2. The second-order valence-corrected chi connectivity index (χ2v) is 7.93. The lowest BCUT2D eigenvalue weighted by Gasteiger charge is -2.29. The van der Waals surface area contributed by atoms with Gasteiger partial charge in [-0.15, -0.1) is 31.0 Å². The Morgan fingerprint density at radius 2 is 1.53 bits per heavy atom. The van der Waals surface area contributed by atoms with Gasteiger partial charge in [0, 0.05) is 22.4 Å². The van der Waals surface area contributed by atoms with Gasteiger partial charge in [-0.25, -0.2) is 0 Å². The molecule has 0 aromatic rings. The van der Waals surface area contributed by atoms with E-state index in [1.807, 2.05) is 27.7 Å². The zero-order valence-corrected chi connectivity index (χ0v) is 27.4. The molecule has 0 fully saturated rings. The molecule has 0 saturated heterocycles. The van der Waals surface area contributed by atoms with Gasteiger partial charge < -0.3 is 9.47 Å². The van der Waals surface area contributed by atoms with Gasteiger partial charge in [0.05, 0.1) is 24.0 Å². The van der Waals surface area contributed by atoms with E-state index in [1.165, 1.54) is 5.57 Å². The zero-order chi connectivity index (χ0) is 31.2. The number of allylic oxidation sites excluding steroid dienone is 4. The third-order valence-corrected chi connectivity index (χ3v) is 5.40. The Hall–Kier alpha value is -1.78. The quantitative estimate of drug-likeness (QED) is 0.174. The summed E-state index contributed by atoms with van der Waals surface area (Å²) in [4.78, 5) is 56.1. The fraction of sp³-hybridized carbons (Fsp3) is 0.615. The molecule has 12 heteroatoms. The van der Waals surface area contributed by atoms with Gasteiger partial charge in [0.15, 0.2) is 0 Å². The number of carbonyl (C=O) groups excluding carboxylic acids is 6. The van der Waals surface area contributed by atoms with Crippen LogP contribution < -0.4 is 0 Å². The SMILES string of the molecule is C=CCC(CC)(CC(=C)C)C(=O)OCC.CCOC(=O)C1(CC)CC=C(C)C1.O=C=O.O=C=O.PP.S=S. The van der Waals surface area contributed by atoms with Crippen molar-refractivity contribution in [2.24, 2.45) is 10.8 Å². The lowest BCUT2D eigenvalue weighted by molar-refractivity contribution is -0.193. The average Bonchev–Trinajstić information content (AvgIpc) is 3.29. The molecular weight excluding hydrogens is 566 g/mol. The van der Waals surface area contributed by atoms with Crippen molar-refractivity contribution in [1.82, 2.24) is 0 Å². The molecule has 0 aliphatic heterocycles. The van der Waals surface area contributed by atoms with Gasteiger partial charge in [0.2, 0.25) is 0 Å². The maximum atomic E-state index is 11.9. The molecule has 38 heavy (non-hydrogen) atoms. The number of rotatable bonds is 10. The van der Waals surface area contributed by atoms with Crippen molar-refractivity contribution in [3.05, 3.63) is 36.5 Å². The average molecular weight is 611 g/mol. The van der Waals surface area contributed by atoms with Crippen molar-refractivity contribution >= 4 is 64.5 Å². The molecule has 218 valence electrons. The minimum absolute atomic E-state index is 0.0226. The molecule has 0 amide bonds. The normalized spacial score (nSPS) is 15.5. The molecular formula is C26H44O8P2S2. The summed E-state index contributed by atoms with van der Waals surface area (Å²) in [5.41, 5.74) is 1.63. The molecule has 1 aliphatic rings. The third kappa shape index (κ3) is 21.2. The van der Waals surface area contributed by atoms with Crippen molar-refractivity contribution in [2.75, 3.05) is 13.2 Å². The first-order chi connectivity index (χ1) is 18.0. The highest BCUT2D eigenvalue weighted by atomic mass is 32.8. The molecule has 0 radical (unpaired) electrons. The third-order valence-electron chi connectivity index (χ3n) is 5.40. The van der Waals surface area contributed by atoms with Gasteiger partial charge >= 0.3 is 24.2 Å². The number of ether oxygens (including phenoxy) is 2. The number of hydrogen-bond acceptors (Lipinski definition) is 10. The molecule has 8 nitrogen and oxygen atoms in total. The van der Waals surface area contributed by atoms with Crippen molar-refractivity contribution in [1.29, 1.82) is 0 Å². The highest BCUT2D eigenvalue weighted by Crippen LogP contribution is 2.41. The minimum atomic E-state index is -0.455. The van der Waals surface area contributed by atoms with Crippen LogP contribution in [-0.4, -0.2) is 37.5 Å². The largest absolute Gasteiger partial charge is 0.466 e. The monoisotopic (exact) mass is 610 g/mol. The summed E-state index contributed by atoms with van der Waals surface area (Å²) in [7, 11) is 4.67. The molecule has 0 heterocycles. The standard InChI is InChI=1S/C13H22O2.C11H18O2.2CO2.H4P2.S2/c1-6-9-13(7-2,10-11(4)5)12(14)15-8-3;1-4-11(10(12)13-5-2)7-6-9(3)8-11;2*2-1-3;2*1-2/h6H,1,4,7-10H2,2-3,5H3;6H,4-5,7-8H2,1-3H3;;;1-2H2;. The van der Waals surface area contributed by atoms with Crippen molar-refractivity contribution in [3.63, 3.8) is 0 Å². The molecule has 0 spiro atoms. The van der Waals surface area contributed by atoms with Gasteiger partial charge in [-0.3, -0.25) is 9.59 Å². The van der Waals surface area contributed by atoms with E-state index >= 15 is 0 Å². The van der Waals surface area contributed by atoms with Crippen LogP contribution in [0.5, 0.6) is 0 Å². The second-order valence-electron chi connectivity index (χ2n) is 7.93. The van der Waals surface area contributed by atoms with Crippen molar-refractivity contribution < 1.29 is 38.2 Å². The van der Waals surface area contributed by atoms with Crippen LogP contribution in [-0.2, 0) is 60.6 Å². The molecule has 0 saturated carbocycles. The molecule has 0 N–H and O–H groups in total. The van der Waals surface area contributed by atoms with Crippen LogP contribution in [0.4, 0.5) is 0 Å². The van der Waals surface area contributed by atoms with Crippen molar-refractivity contribution in [2.45, 2.75) is 80.1 Å². The summed E-state index contributed by atoms with van der Waals surface area (Å²) in [5, 5.41) is 0. The lowest BCUT2D eigenvalue weighted by Crippen LogP contribution is -2.32. The summed E-state index contributed by atoms with van der Waals surface area (Å²) >= 11 is 7.33. The Kier molecular flexibility index (Phi) is 38.1. The predicted molar refractivity (Wildman–Crippen MR) is 160 cm³/mol. The summed E-state index contributed by atoms with van der Waals surface area (Å²) in [6.45, 7) is 20.3. The van der Waals surface area contributed by atoms with Crippen LogP contribution in [0.25, 0.3) is 0 Å². The first-order valence-corrected chi connectivity index (χ1v) is 15.7. The maximum absolute atomic E-state index is 11.9. The minimum Gasteiger partial charge on any atom is -0.466 e.